The van der Waals surface area contributed by atoms with E-state index in [1.165, 1.54) is 59.4 Å². The van der Waals surface area contributed by atoms with Crippen molar-refractivity contribution in [2.75, 3.05) is 0 Å². The van der Waals surface area contributed by atoms with Crippen molar-refractivity contribution in [3.63, 3.8) is 0 Å². The highest BCUT2D eigenvalue weighted by atomic mass is 79.9. The highest BCUT2D eigenvalue weighted by molar-refractivity contribution is 9.10. The normalized spacial score (nSPS) is 15.3. The van der Waals surface area contributed by atoms with Crippen LogP contribution in [-0.2, 0) is 5.41 Å². The summed E-state index contributed by atoms with van der Waals surface area (Å²) in [4.78, 5) is 0. The topological polar surface area (TPSA) is 4.93 Å². The third-order valence-corrected chi connectivity index (χ3v) is 8.48. The summed E-state index contributed by atoms with van der Waals surface area (Å²) >= 11 is 3.96. The molecular weight excluding hydrogens is 490 g/mol. The zero-order valence-corrected chi connectivity index (χ0v) is 21.3. The molecule has 2 heteroatoms. The molecule has 168 valence electrons. The lowest BCUT2D eigenvalue weighted by Crippen LogP contribution is -2.31. The standard InChI is InChI=1S/C33H24BrN/c1-33(2)30-24(18-23-10-6-7-11-26(23)30)19-28-31(33)29-20-35(17-16-27(29)32(28)34)25-14-12-22(13-15-25)21-8-4-3-5-9-21/h3-20H,1-2H3. The van der Waals surface area contributed by atoms with Crippen molar-refractivity contribution in [3.8, 4) is 27.9 Å². The van der Waals surface area contributed by atoms with Crippen LogP contribution in [0.5, 0.6) is 0 Å². The number of hydrogen-bond acceptors (Lipinski definition) is 0. The number of fused-ring (bicyclic) bond motifs is 5. The first-order chi connectivity index (χ1) is 17.0. The van der Waals surface area contributed by atoms with E-state index in [9.17, 15) is 0 Å². The smallest absolute Gasteiger partial charge is 0.0450 e. The van der Waals surface area contributed by atoms with Gasteiger partial charge in [0, 0.05) is 33.5 Å². The largest absolute Gasteiger partial charge is 0.323 e. The molecule has 35 heavy (non-hydrogen) atoms. The summed E-state index contributed by atoms with van der Waals surface area (Å²) in [5, 5.41) is 2.68. The van der Waals surface area contributed by atoms with Gasteiger partial charge in [0.15, 0.2) is 0 Å². The van der Waals surface area contributed by atoms with Crippen molar-refractivity contribution in [1.29, 1.82) is 0 Å². The first-order valence-electron chi connectivity index (χ1n) is 12.1. The second-order valence-corrected chi connectivity index (χ2v) is 10.8. The molecule has 1 nitrogen and oxygen atoms in total. The number of nitrogens with zero attached hydrogens (tertiary/aromatic N) is 1. The van der Waals surface area contributed by atoms with E-state index in [1.54, 1.807) is 0 Å². The quantitative estimate of drug-likeness (QED) is 0.233. The Balaban J connectivity index is 1.40. The van der Waals surface area contributed by atoms with Crippen LogP contribution in [-0.4, -0.2) is 4.57 Å². The van der Waals surface area contributed by atoms with E-state index >= 15 is 0 Å². The molecule has 0 unspecified atom stereocenters. The molecule has 3 aromatic carbocycles. The molecule has 0 saturated heterocycles. The molecule has 0 saturated carbocycles. The van der Waals surface area contributed by atoms with Crippen LogP contribution in [0.1, 0.15) is 25.0 Å². The predicted molar refractivity (Wildman–Crippen MR) is 150 cm³/mol. The van der Waals surface area contributed by atoms with Crippen LogP contribution in [0.3, 0.4) is 0 Å². The molecule has 1 aliphatic heterocycles. The van der Waals surface area contributed by atoms with Gasteiger partial charge in [0.25, 0.3) is 0 Å². The second-order valence-electron chi connectivity index (χ2n) is 10.0. The molecule has 7 rings (SSSR count). The number of aromatic nitrogens is 1. The maximum absolute atomic E-state index is 3.96. The van der Waals surface area contributed by atoms with E-state index in [-0.39, 0.29) is 5.41 Å². The Morgan fingerprint density at radius 3 is 2.23 bits per heavy atom. The molecule has 4 aliphatic rings. The van der Waals surface area contributed by atoms with Crippen molar-refractivity contribution in [3.05, 3.63) is 129 Å². The Labute approximate surface area is 213 Å². The molecule has 0 aromatic heterocycles. The summed E-state index contributed by atoms with van der Waals surface area (Å²) in [5.74, 6) is 0. The lowest BCUT2D eigenvalue weighted by molar-refractivity contribution is 0.689. The van der Waals surface area contributed by atoms with Gasteiger partial charge in [-0.15, -0.1) is 0 Å². The molecule has 0 atom stereocenters. The van der Waals surface area contributed by atoms with Crippen molar-refractivity contribution < 1.29 is 0 Å². The van der Waals surface area contributed by atoms with Gasteiger partial charge < -0.3 is 4.57 Å². The summed E-state index contributed by atoms with van der Waals surface area (Å²) in [7, 11) is 0. The van der Waals surface area contributed by atoms with Crippen LogP contribution in [0, 0.1) is 0 Å². The summed E-state index contributed by atoms with van der Waals surface area (Å²) in [5.41, 5.74) is 11.6. The lowest BCUT2D eigenvalue weighted by atomic mass is 9.70. The Bertz CT molecular complexity index is 1750. The van der Waals surface area contributed by atoms with Gasteiger partial charge in [-0.05, 0) is 95.7 Å². The monoisotopic (exact) mass is 513 g/mol. The molecule has 0 fully saturated rings. The number of pyridine rings is 1. The molecule has 3 aromatic rings. The first kappa shape index (κ1) is 20.7. The van der Waals surface area contributed by atoms with Gasteiger partial charge >= 0.3 is 0 Å². The predicted octanol–water partition coefficient (Wildman–Crippen LogP) is 7.33. The van der Waals surface area contributed by atoms with Crippen LogP contribution in [0.2, 0.25) is 0 Å². The Kier molecular flexibility index (Phi) is 4.40. The summed E-state index contributed by atoms with van der Waals surface area (Å²) in [6, 6.07) is 30.4. The third kappa shape index (κ3) is 3.00. The number of hydrogen-bond donors (Lipinski definition) is 0. The van der Waals surface area contributed by atoms with Gasteiger partial charge in [-0.1, -0.05) is 80.6 Å². The highest BCUT2D eigenvalue weighted by Crippen LogP contribution is 2.54. The maximum Gasteiger partial charge on any atom is 0.0450 e. The maximum atomic E-state index is 3.96. The van der Waals surface area contributed by atoms with Crippen molar-refractivity contribution in [2.24, 2.45) is 0 Å². The molecule has 0 bridgehead atoms. The molecule has 0 N–H and O–H groups in total. The van der Waals surface area contributed by atoms with E-state index in [1.807, 2.05) is 0 Å². The van der Waals surface area contributed by atoms with Gasteiger partial charge in [-0.25, -0.2) is 0 Å². The fourth-order valence-electron chi connectivity index (χ4n) is 6.05. The van der Waals surface area contributed by atoms with Crippen LogP contribution in [0.4, 0.5) is 0 Å². The van der Waals surface area contributed by atoms with Crippen molar-refractivity contribution >= 4 is 33.7 Å². The average Bonchev–Trinajstić information content (AvgIpc) is 3.41. The zero-order chi connectivity index (χ0) is 23.7. The highest BCUT2D eigenvalue weighted by Gasteiger charge is 2.40. The fraction of sp³-hybridized carbons (Fsp3) is 0.0909. The number of benzene rings is 3. The minimum absolute atomic E-state index is 0.108. The number of rotatable bonds is 2. The van der Waals surface area contributed by atoms with Crippen LogP contribution in [0.15, 0.2) is 107 Å². The number of allylic oxidation sites excluding steroid dienone is 1. The van der Waals surface area contributed by atoms with Crippen LogP contribution in [0.25, 0.3) is 45.7 Å². The third-order valence-electron chi connectivity index (χ3n) is 7.62. The minimum atomic E-state index is -0.108. The number of halogens is 1. The second kappa shape index (κ2) is 7.44. The molecular formula is C33H24BrN. The van der Waals surface area contributed by atoms with Gasteiger partial charge in [-0.3, -0.25) is 0 Å². The van der Waals surface area contributed by atoms with Crippen molar-refractivity contribution in [1.82, 2.24) is 4.57 Å². The molecule has 0 amide bonds. The molecule has 0 spiro atoms. The zero-order valence-electron chi connectivity index (χ0n) is 19.7. The van der Waals surface area contributed by atoms with Crippen LogP contribution < -0.4 is 10.4 Å². The average molecular weight is 514 g/mol. The van der Waals surface area contributed by atoms with Gasteiger partial charge in [0.05, 0.1) is 0 Å². The molecule has 1 heterocycles. The molecule has 0 radical (unpaired) electrons. The Hall–Kier alpha value is -3.62. The van der Waals surface area contributed by atoms with E-state index in [2.05, 4.69) is 144 Å². The van der Waals surface area contributed by atoms with Gasteiger partial charge in [0.2, 0.25) is 0 Å². The van der Waals surface area contributed by atoms with E-state index in [4.69, 9.17) is 0 Å². The molecule has 3 aliphatic carbocycles. The summed E-state index contributed by atoms with van der Waals surface area (Å²) in [6.45, 7) is 4.75. The summed E-state index contributed by atoms with van der Waals surface area (Å²) < 4.78 is 3.44. The Morgan fingerprint density at radius 1 is 0.714 bits per heavy atom. The minimum Gasteiger partial charge on any atom is -0.323 e. The van der Waals surface area contributed by atoms with E-state index in [0.717, 1.165) is 5.69 Å². The summed E-state index contributed by atoms with van der Waals surface area (Å²) in [6.07, 6.45) is 9.20. The van der Waals surface area contributed by atoms with Gasteiger partial charge in [0.1, 0.15) is 0 Å². The first-order valence-corrected chi connectivity index (χ1v) is 12.8. The van der Waals surface area contributed by atoms with Crippen molar-refractivity contribution in [2.45, 2.75) is 19.3 Å². The Morgan fingerprint density at radius 2 is 1.43 bits per heavy atom. The SMILES string of the molecule is CC1(C)C2=c3ccccc3=CC2=Cc2c(Br)c3ccn(-c4ccc(-c5ccccc5)cc4)cc-3c21. The lowest BCUT2D eigenvalue weighted by Gasteiger charge is -2.33. The van der Waals surface area contributed by atoms with Crippen LogP contribution >= 0.6 is 15.9 Å². The van der Waals surface area contributed by atoms with Gasteiger partial charge in [-0.2, -0.15) is 0 Å². The van der Waals surface area contributed by atoms with E-state index < -0.39 is 0 Å². The fourth-order valence-corrected chi connectivity index (χ4v) is 6.71. The van der Waals surface area contributed by atoms with E-state index in [0.29, 0.717) is 0 Å².